The summed E-state index contributed by atoms with van der Waals surface area (Å²) in [5.41, 5.74) is 3.55. The molecule has 34 heavy (non-hydrogen) atoms. The minimum absolute atomic E-state index is 0.0273. The van der Waals surface area contributed by atoms with Gasteiger partial charge in [-0.15, -0.1) is 5.10 Å². The lowest BCUT2D eigenvalue weighted by molar-refractivity contribution is 0.193. The van der Waals surface area contributed by atoms with Crippen molar-refractivity contribution in [3.63, 3.8) is 0 Å². The van der Waals surface area contributed by atoms with Crippen LogP contribution in [0.25, 0.3) is 10.9 Å². The second kappa shape index (κ2) is 9.50. The SMILES string of the molecule is c1ccc(N2CCN([C@H](c3ccc4ncccc4c3)c3nnnn3C3CCCCC3)CC2)cc1. The highest BCUT2D eigenvalue weighted by Gasteiger charge is 2.33. The first kappa shape index (κ1) is 21.2. The first-order valence-electron chi connectivity index (χ1n) is 12.5. The minimum atomic E-state index is 0.0273. The Kier molecular flexibility index (Phi) is 5.93. The number of anilines is 1. The number of fused-ring (bicyclic) bond motifs is 1. The molecule has 7 heteroatoms. The molecule has 0 spiro atoms. The maximum Gasteiger partial charge on any atom is 0.173 e. The van der Waals surface area contributed by atoms with Crippen molar-refractivity contribution in [2.45, 2.75) is 44.2 Å². The number of benzene rings is 2. The zero-order valence-corrected chi connectivity index (χ0v) is 19.5. The topological polar surface area (TPSA) is 63.0 Å². The number of aromatic nitrogens is 5. The molecule has 2 aromatic carbocycles. The minimum Gasteiger partial charge on any atom is -0.369 e. The maximum atomic E-state index is 4.63. The largest absolute Gasteiger partial charge is 0.369 e. The fourth-order valence-corrected chi connectivity index (χ4v) is 5.63. The van der Waals surface area contributed by atoms with Gasteiger partial charge in [0, 0.05) is 43.4 Å². The molecule has 0 N–H and O–H groups in total. The Balaban J connectivity index is 1.35. The van der Waals surface area contributed by atoms with Crippen LogP contribution in [-0.4, -0.2) is 56.3 Å². The van der Waals surface area contributed by atoms with Gasteiger partial charge in [0.25, 0.3) is 0 Å². The molecule has 174 valence electrons. The molecular formula is C27H31N7. The van der Waals surface area contributed by atoms with Crippen LogP contribution >= 0.6 is 0 Å². The lowest BCUT2D eigenvalue weighted by atomic mass is 9.94. The van der Waals surface area contributed by atoms with Crippen LogP contribution in [0.15, 0.2) is 66.9 Å². The van der Waals surface area contributed by atoms with Crippen LogP contribution in [0.4, 0.5) is 5.69 Å². The molecule has 6 rings (SSSR count). The molecule has 1 saturated carbocycles. The van der Waals surface area contributed by atoms with Crippen molar-refractivity contribution in [3.8, 4) is 0 Å². The Morgan fingerprint density at radius 2 is 1.65 bits per heavy atom. The molecule has 1 saturated heterocycles. The van der Waals surface area contributed by atoms with Gasteiger partial charge in [0.15, 0.2) is 5.82 Å². The lowest BCUT2D eigenvalue weighted by Crippen LogP contribution is -2.48. The molecule has 0 unspecified atom stereocenters. The Morgan fingerprint density at radius 3 is 2.47 bits per heavy atom. The first-order chi connectivity index (χ1) is 16.9. The van der Waals surface area contributed by atoms with Crippen molar-refractivity contribution in [3.05, 3.63) is 78.2 Å². The van der Waals surface area contributed by atoms with Gasteiger partial charge in [-0.25, -0.2) is 4.68 Å². The normalized spacial score (nSPS) is 18.9. The molecular weight excluding hydrogens is 422 g/mol. The Bertz CT molecular complexity index is 1220. The second-order valence-corrected chi connectivity index (χ2v) is 9.49. The van der Waals surface area contributed by atoms with Crippen molar-refractivity contribution in [1.29, 1.82) is 0 Å². The summed E-state index contributed by atoms with van der Waals surface area (Å²) in [7, 11) is 0. The summed E-state index contributed by atoms with van der Waals surface area (Å²) >= 11 is 0. The van der Waals surface area contributed by atoms with E-state index >= 15 is 0 Å². The van der Waals surface area contributed by atoms with E-state index in [2.05, 4.69) is 89.6 Å². The van der Waals surface area contributed by atoms with Crippen LogP contribution in [0.2, 0.25) is 0 Å². The zero-order chi connectivity index (χ0) is 22.7. The lowest BCUT2D eigenvalue weighted by Gasteiger charge is -2.40. The predicted octanol–water partition coefficient (Wildman–Crippen LogP) is 4.64. The van der Waals surface area contributed by atoms with E-state index in [-0.39, 0.29) is 6.04 Å². The van der Waals surface area contributed by atoms with Gasteiger partial charge in [-0.05, 0) is 59.2 Å². The summed E-state index contributed by atoms with van der Waals surface area (Å²) in [6, 6.07) is 21.9. The van der Waals surface area contributed by atoms with Crippen molar-refractivity contribution < 1.29 is 0 Å². The summed E-state index contributed by atoms with van der Waals surface area (Å²) in [5.74, 6) is 0.975. The third-order valence-electron chi connectivity index (χ3n) is 7.43. The smallest absolute Gasteiger partial charge is 0.173 e. The fourth-order valence-electron chi connectivity index (χ4n) is 5.63. The highest BCUT2D eigenvalue weighted by Crippen LogP contribution is 2.35. The van der Waals surface area contributed by atoms with Crippen LogP contribution < -0.4 is 4.90 Å². The third kappa shape index (κ3) is 4.16. The average Bonchev–Trinajstić information content (AvgIpc) is 3.40. The number of tetrazole rings is 1. The predicted molar refractivity (Wildman–Crippen MR) is 134 cm³/mol. The van der Waals surface area contributed by atoms with Crippen LogP contribution in [0.5, 0.6) is 0 Å². The van der Waals surface area contributed by atoms with Gasteiger partial charge in [0.05, 0.1) is 17.6 Å². The molecule has 1 aliphatic heterocycles. The monoisotopic (exact) mass is 453 g/mol. The summed E-state index contributed by atoms with van der Waals surface area (Å²) in [4.78, 5) is 9.56. The molecule has 1 aliphatic carbocycles. The van der Waals surface area contributed by atoms with Crippen LogP contribution in [0.3, 0.4) is 0 Å². The molecule has 2 fully saturated rings. The summed E-state index contributed by atoms with van der Waals surface area (Å²) in [5, 5.41) is 14.5. The Morgan fingerprint density at radius 1 is 0.824 bits per heavy atom. The van der Waals surface area contributed by atoms with E-state index in [1.807, 2.05) is 12.3 Å². The second-order valence-electron chi connectivity index (χ2n) is 9.49. The van der Waals surface area contributed by atoms with E-state index in [1.165, 1.54) is 30.5 Å². The highest BCUT2D eigenvalue weighted by atomic mass is 15.6. The molecule has 7 nitrogen and oxygen atoms in total. The van der Waals surface area contributed by atoms with Crippen LogP contribution in [-0.2, 0) is 0 Å². The quantitative estimate of drug-likeness (QED) is 0.439. The van der Waals surface area contributed by atoms with E-state index in [0.29, 0.717) is 6.04 Å². The molecule has 2 aromatic heterocycles. The van der Waals surface area contributed by atoms with E-state index in [4.69, 9.17) is 0 Å². The molecule has 2 aliphatic rings. The zero-order valence-electron chi connectivity index (χ0n) is 19.5. The summed E-state index contributed by atoms with van der Waals surface area (Å²) in [6.45, 7) is 3.89. The molecule has 3 heterocycles. The van der Waals surface area contributed by atoms with Crippen LogP contribution in [0.1, 0.15) is 55.6 Å². The van der Waals surface area contributed by atoms with Crippen molar-refractivity contribution in [1.82, 2.24) is 30.1 Å². The summed E-state index contributed by atoms with van der Waals surface area (Å²) < 4.78 is 2.14. The summed E-state index contributed by atoms with van der Waals surface area (Å²) in [6.07, 6.45) is 8.00. The first-order valence-corrected chi connectivity index (χ1v) is 12.5. The third-order valence-corrected chi connectivity index (χ3v) is 7.43. The maximum absolute atomic E-state index is 4.63. The number of rotatable bonds is 5. The van der Waals surface area contributed by atoms with Gasteiger partial charge < -0.3 is 4.90 Å². The van der Waals surface area contributed by atoms with E-state index in [9.17, 15) is 0 Å². The van der Waals surface area contributed by atoms with Gasteiger partial charge in [-0.2, -0.15) is 0 Å². The van der Waals surface area contributed by atoms with E-state index in [0.717, 1.165) is 55.7 Å². The van der Waals surface area contributed by atoms with Crippen LogP contribution in [0, 0.1) is 0 Å². The number of nitrogens with zero attached hydrogens (tertiary/aromatic N) is 7. The highest BCUT2D eigenvalue weighted by molar-refractivity contribution is 5.79. The molecule has 0 amide bonds. The van der Waals surface area contributed by atoms with Gasteiger partial charge in [-0.3, -0.25) is 9.88 Å². The number of para-hydroxylation sites is 1. The Hall–Kier alpha value is -3.32. The standard InChI is InChI=1S/C27H31N7/c1-3-9-23(10-4-1)32-16-18-33(19-17-32)26(22-13-14-25-21(20-22)8-7-15-28-25)27-29-30-31-34(27)24-11-5-2-6-12-24/h1,3-4,7-10,13-15,20,24,26H,2,5-6,11-12,16-19H2/t26-/m1/s1. The molecule has 0 bridgehead atoms. The number of hydrogen-bond acceptors (Lipinski definition) is 6. The van der Waals surface area contributed by atoms with Gasteiger partial charge in [0.1, 0.15) is 0 Å². The number of hydrogen-bond donors (Lipinski definition) is 0. The van der Waals surface area contributed by atoms with Crippen molar-refractivity contribution in [2.24, 2.45) is 0 Å². The van der Waals surface area contributed by atoms with Gasteiger partial charge in [-0.1, -0.05) is 49.6 Å². The fraction of sp³-hybridized carbons (Fsp3) is 0.407. The molecule has 1 atom stereocenters. The molecule has 4 aromatic rings. The van der Waals surface area contributed by atoms with Crippen molar-refractivity contribution >= 4 is 16.6 Å². The Labute approximate surface area is 200 Å². The van der Waals surface area contributed by atoms with E-state index < -0.39 is 0 Å². The van der Waals surface area contributed by atoms with Crippen molar-refractivity contribution in [2.75, 3.05) is 31.1 Å². The average molecular weight is 454 g/mol. The van der Waals surface area contributed by atoms with E-state index in [1.54, 1.807) is 0 Å². The number of piperazine rings is 1. The number of pyridine rings is 1. The van der Waals surface area contributed by atoms with Gasteiger partial charge in [0.2, 0.25) is 0 Å². The van der Waals surface area contributed by atoms with Gasteiger partial charge >= 0.3 is 0 Å². The molecule has 0 radical (unpaired) electrons.